The highest BCUT2D eigenvalue weighted by Gasteiger charge is 2.04. The van der Waals surface area contributed by atoms with E-state index in [9.17, 15) is 4.79 Å². The second-order valence-electron chi connectivity index (χ2n) is 2.59. The van der Waals surface area contributed by atoms with Gasteiger partial charge in [-0.05, 0) is 25.8 Å². The summed E-state index contributed by atoms with van der Waals surface area (Å²) in [6.07, 6.45) is 1.37. The Hall–Kier alpha value is -0.870. The van der Waals surface area contributed by atoms with Gasteiger partial charge in [0, 0.05) is 12.2 Å². The molecule has 0 aliphatic carbocycles. The summed E-state index contributed by atoms with van der Waals surface area (Å²) < 4.78 is 0. The Balaban J connectivity index is 3.87. The predicted molar refractivity (Wildman–Crippen MR) is 43.7 cm³/mol. The molecular weight excluding hydrogens is 160 g/mol. The van der Waals surface area contributed by atoms with Crippen molar-refractivity contribution >= 4 is 5.97 Å². The minimum absolute atomic E-state index is 0.0109. The first-order valence-electron chi connectivity index (χ1n) is 3.78. The standard InChI is InChI=1S/C8H14O4/c1-6(8(11)12)5-7(10)3-2-4-9/h5,7,9-10H,2-4H2,1H3,(H,11,12). The monoisotopic (exact) mass is 174 g/mol. The van der Waals surface area contributed by atoms with Gasteiger partial charge in [0.2, 0.25) is 0 Å². The van der Waals surface area contributed by atoms with E-state index in [1.807, 2.05) is 0 Å². The summed E-state index contributed by atoms with van der Waals surface area (Å²) >= 11 is 0. The molecule has 0 fully saturated rings. The van der Waals surface area contributed by atoms with Crippen LogP contribution in [0.1, 0.15) is 19.8 Å². The van der Waals surface area contributed by atoms with E-state index < -0.39 is 12.1 Å². The van der Waals surface area contributed by atoms with Crippen LogP contribution in [-0.2, 0) is 4.79 Å². The maximum atomic E-state index is 10.3. The van der Waals surface area contributed by atoms with Crippen molar-refractivity contribution in [3.05, 3.63) is 11.6 Å². The van der Waals surface area contributed by atoms with Gasteiger partial charge in [-0.15, -0.1) is 0 Å². The van der Waals surface area contributed by atoms with Crippen LogP contribution < -0.4 is 0 Å². The van der Waals surface area contributed by atoms with Crippen LogP contribution in [0.5, 0.6) is 0 Å². The van der Waals surface area contributed by atoms with E-state index >= 15 is 0 Å². The summed E-state index contributed by atoms with van der Waals surface area (Å²) in [6.45, 7) is 1.43. The zero-order valence-electron chi connectivity index (χ0n) is 7.03. The van der Waals surface area contributed by atoms with Crippen LogP contribution in [0.15, 0.2) is 11.6 Å². The lowest BCUT2D eigenvalue weighted by atomic mass is 10.1. The molecule has 1 atom stereocenters. The van der Waals surface area contributed by atoms with Gasteiger partial charge >= 0.3 is 5.97 Å². The fourth-order valence-corrected chi connectivity index (χ4v) is 0.744. The maximum Gasteiger partial charge on any atom is 0.331 e. The van der Waals surface area contributed by atoms with Crippen molar-refractivity contribution in [1.82, 2.24) is 0 Å². The highest BCUT2D eigenvalue weighted by Crippen LogP contribution is 2.02. The number of aliphatic hydroxyl groups is 2. The Morgan fingerprint density at radius 3 is 2.58 bits per heavy atom. The van der Waals surface area contributed by atoms with Crippen molar-refractivity contribution in [2.75, 3.05) is 6.61 Å². The van der Waals surface area contributed by atoms with Crippen molar-refractivity contribution in [3.8, 4) is 0 Å². The van der Waals surface area contributed by atoms with Crippen LogP contribution >= 0.6 is 0 Å². The molecule has 0 aromatic carbocycles. The van der Waals surface area contributed by atoms with Gasteiger partial charge < -0.3 is 15.3 Å². The molecule has 0 amide bonds. The third-order valence-corrected chi connectivity index (χ3v) is 1.44. The van der Waals surface area contributed by atoms with Crippen molar-refractivity contribution in [1.29, 1.82) is 0 Å². The van der Waals surface area contributed by atoms with Crippen molar-refractivity contribution in [2.24, 2.45) is 0 Å². The Kier molecular flexibility index (Phi) is 5.32. The van der Waals surface area contributed by atoms with Crippen LogP contribution in [-0.4, -0.2) is 34.0 Å². The lowest BCUT2D eigenvalue weighted by molar-refractivity contribution is -0.132. The normalized spacial score (nSPS) is 14.4. The van der Waals surface area contributed by atoms with Gasteiger partial charge in [-0.3, -0.25) is 0 Å². The summed E-state index contributed by atoms with van der Waals surface area (Å²) in [5.41, 5.74) is 0.125. The molecule has 0 rings (SSSR count). The largest absolute Gasteiger partial charge is 0.478 e. The molecule has 4 heteroatoms. The minimum atomic E-state index is -1.03. The molecular formula is C8H14O4. The summed E-state index contributed by atoms with van der Waals surface area (Å²) in [5, 5.41) is 26.0. The number of rotatable bonds is 5. The van der Waals surface area contributed by atoms with Crippen molar-refractivity contribution < 1.29 is 20.1 Å². The summed E-state index contributed by atoms with van der Waals surface area (Å²) in [6, 6.07) is 0. The second-order valence-corrected chi connectivity index (χ2v) is 2.59. The van der Waals surface area contributed by atoms with Gasteiger partial charge in [0.25, 0.3) is 0 Å². The van der Waals surface area contributed by atoms with Gasteiger partial charge in [-0.1, -0.05) is 0 Å². The fourth-order valence-electron chi connectivity index (χ4n) is 0.744. The quantitative estimate of drug-likeness (QED) is 0.518. The summed E-state index contributed by atoms with van der Waals surface area (Å²) in [7, 11) is 0. The predicted octanol–water partition coefficient (Wildman–Crippen LogP) is 0.151. The SMILES string of the molecule is CC(=CC(O)CCCO)C(=O)O. The smallest absolute Gasteiger partial charge is 0.331 e. The number of hydrogen-bond acceptors (Lipinski definition) is 3. The molecule has 0 aromatic rings. The molecule has 4 nitrogen and oxygen atoms in total. The second kappa shape index (κ2) is 5.74. The highest BCUT2D eigenvalue weighted by atomic mass is 16.4. The van der Waals surface area contributed by atoms with E-state index in [1.165, 1.54) is 13.0 Å². The highest BCUT2D eigenvalue weighted by molar-refractivity contribution is 5.85. The van der Waals surface area contributed by atoms with Gasteiger partial charge in [0.05, 0.1) is 6.10 Å². The number of aliphatic carboxylic acids is 1. The van der Waals surface area contributed by atoms with E-state index in [2.05, 4.69) is 0 Å². The van der Waals surface area contributed by atoms with Crippen LogP contribution in [0.25, 0.3) is 0 Å². The number of carboxylic acids is 1. The minimum Gasteiger partial charge on any atom is -0.478 e. The summed E-state index contributed by atoms with van der Waals surface area (Å²) in [4.78, 5) is 10.3. The molecule has 0 aliphatic heterocycles. The van der Waals surface area contributed by atoms with Crippen molar-refractivity contribution in [2.45, 2.75) is 25.9 Å². The number of carbonyl (C=O) groups is 1. The number of hydrogen-bond donors (Lipinski definition) is 3. The van der Waals surface area contributed by atoms with Gasteiger partial charge in [0.15, 0.2) is 0 Å². The lowest BCUT2D eigenvalue weighted by Gasteiger charge is -2.03. The molecule has 0 saturated carbocycles. The zero-order valence-corrected chi connectivity index (χ0v) is 7.03. The van der Waals surface area contributed by atoms with E-state index in [0.29, 0.717) is 12.8 Å². The molecule has 0 heterocycles. The Bertz CT molecular complexity index is 174. The van der Waals surface area contributed by atoms with Crippen LogP contribution in [0, 0.1) is 0 Å². The Labute approximate surface area is 71.1 Å². The number of aliphatic hydroxyl groups excluding tert-OH is 2. The van der Waals surface area contributed by atoms with Gasteiger partial charge in [0.1, 0.15) is 0 Å². The van der Waals surface area contributed by atoms with Gasteiger partial charge in [-0.25, -0.2) is 4.79 Å². The Morgan fingerprint density at radius 2 is 2.17 bits per heavy atom. The topological polar surface area (TPSA) is 77.8 Å². The first kappa shape index (κ1) is 11.1. The maximum absolute atomic E-state index is 10.3. The van der Waals surface area contributed by atoms with Crippen LogP contribution in [0.3, 0.4) is 0 Å². The first-order chi connectivity index (χ1) is 5.57. The molecule has 1 unspecified atom stereocenters. The third-order valence-electron chi connectivity index (χ3n) is 1.44. The average molecular weight is 174 g/mol. The third kappa shape index (κ3) is 4.87. The van der Waals surface area contributed by atoms with Gasteiger partial charge in [-0.2, -0.15) is 0 Å². The number of carboxylic acid groups (broad SMARTS) is 1. The molecule has 12 heavy (non-hydrogen) atoms. The summed E-state index contributed by atoms with van der Waals surface area (Å²) in [5.74, 6) is -1.03. The molecule has 0 aliphatic rings. The molecule has 0 aromatic heterocycles. The van der Waals surface area contributed by atoms with Crippen LogP contribution in [0.4, 0.5) is 0 Å². The van der Waals surface area contributed by atoms with E-state index in [0.717, 1.165) is 0 Å². The van der Waals surface area contributed by atoms with E-state index in [1.54, 1.807) is 0 Å². The molecule has 0 saturated heterocycles. The van der Waals surface area contributed by atoms with E-state index in [4.69, 9.17) is 15.3 Å². The lowest BCUT2D eigenvalue weighted by Crippen LogP contribution is -2.07. The molecule has 3 N–H and O–H groups in total. The molecule has 0 spiro atoms. The average Bonchev–Trinajstić information content (AvgIpc) is 2.00. The zero-order chi connectivity index (χ0) is 9.56. The molecule has 0 radical (unpaired) electrons. The Morgan fingerprint density at radius 1 is 1.58 bits per heavy atom. The van der Waals surface area contributed by atoms with E-state index in [-0.39, 0.29) is 12.2 Å². The fraction of sp³-hybridized carbons (Fsp3) is 0.625. The van der Waals surface area contributed by atoms with Crippen LogP contribution in [0.2, 0.25) is 0 Å². The van der Waals surface area contributed by atoms with Crippen molar-refractivity contribution in [3.63, 3.8) is 0 Å². The molecule has 0 bridgehead atoms. The molecule has 70 valence electrons. The first-order valence-corrected chi connectivity index (χ1v) is 3.78.